The highest BCUT2D eigenvalue weighted by atomic mass is 35.5. The van der Waals surface area contributed by atoms with Gasteiger partial charge in [-0.25, -0.2) is 0 Å². The summed E-state index contributed by atoms with van der Waals surface area (Å²) in [5, 5.41) is 2.72. The van der Waals surface area contributed by atoms with E-state index < -0.39 is 11.1 Å². The number of nitrogens with one attached hydrogen (secondary N) is 1. The number of rotatable bonds is 2. The van der Waals surface area contributed by atoms with Gasteiger partial charge in [0, 0.05) is 6.08 Å². The third-order valence-electron chi connectivity index (χ3n) is 2.75. The summed E-state index contributed by atoms with van der Waals surface area (Å²) in [5.74, 6) is 0.499. The maximum absolute atomic E-state index is 11.5. The summed E-state index contributed by atoms with van der Waals surface area (Å²) < 4.78 is 5.63. The molecular formula is C14H7Cl2NO3S. The fraction of sp³-hybridized carbons (Fsp3) is 0. The zero-order valence-corrected chi connectivity index (χ0v) is 12.7. The number of amides is 2. The quantitative estimate of drug-likeness (QED) is 0.813. The smallest absolute Gasteiger partial charge is 0.290 e. The van der Waals surface area contributed by atoms with Crippen molar-refractivity contribution in [3.05, 3.63) is 51.0 Å². The van der Waals surface area contributed by atoms with Crippen LogP contribution in [0, 0.1) is 0 Å². The highest BCUT2D eigenvalue weighted by molar-refractivity contribution is 8.18. The number of halogens is 2. The van der Waals surface area contributed by atoms with Crippen LogP contribution in [0.5, 0.6) is 0 Å². The van der Waals surface area contributed by atoms with Gasteiger partial charge in [0.15, 0.2) is 0 Å². The van der Waals surface area contributed by atoms with Crippen LogP contribution in [0.3, 0.4) is 0 Å². The van der Waals surface area contributed by atoms with E-state index in [9.17, 15) is 9.59 Å². The molecule has 3 rings (SSSR count). The minimum Gasteiger partial charge on any atom is -0.457 e. The summed E-state index contributed by atoms with van der Waals surface area (Å²) in [6.45, 7) is 0. The largest absolute Gasteiger partial charge is 0.457 e. The predicted octanol–water partition coefficient (Wildman–Crippen LogP) is 4.58. The lowest BCUT2D eigenvalue weighted by molar-refractivity contribution is -0.115. The van der Waals surface area contributed by atoms with Crippen LogP contribution in [0.4, 0.5) is 4.79 Å². The first kappa shape index (κ1) is 14.3. The van der Waals surface area contributed by atoms with Crippen molar-refractivity contribution in [1.29, 1.82) is 0 Å². The second-order valence-electron chi connectivity index (χ2n) is 4.15. The zero-order valence-electron chi connectivity index (χ0n) is 10.4. The molecule has 1 aliphatic rings. The molecule has 4 nitrogen and oxygen atoms in total. The minimum absolute atomic E-state index is 0.283. The van der Waals surface area contributed by atoms with Crippen molar-refractivity contribution in [2.24, 2.45) is 0 Å². The first-order chi connectivity index (χ1) is 10.0. The van der Waals surface area contributed by atoms with E-state index in [1.807, 2.05) is 0 Å². The molecular weight excluding hydrogens is 333 g/mol. The van der Waals surface area contributed by atoms with Crippen LogP contribution in [-0.4, -0.2) is 11.1 Å². The second kappa shape index (κ2) is 5.60. The minimum atomic E-state index is -0.432. The zero-order chi connectivity index (χ0) is 15.0. The average Bonchev–Trinajstić information content (AvgIpc) is 2.97. The van der Waals surface area contributed by atoms with Gasteiger partial charge in [-0.15, -0.1) is 0 Å². The van der Waals surface area contributed by atoms with E-state index >= 15 is 0 Å². The van der Waals surface area contributed by atoms with E-state index in [1.54, 1.807) is 30.3 Å². The van der Waals surface area contributed by atoms with E-state index in [1.165, 1.54) is 6.08 Å². The van der Waals surface area contributed by atoms with Gasteiger partial charge in [0.05, 0.1) is 20.5 Å². The molecule has 1 aliphatic heterocycles. The molecule has 0 saturated carbocycles. The van der Waals surface area contributed by atoms with E-state index in [0.717, 1.165) is 11.8 Å². The summed E-state index contributed by atoms with van der Waals surface area (Å²) >= 11 is 13.1. The van der Waals surface area contributed by atoms with Crippen LogP contribution in [0.15, 0.2) is 39.7 Å². The lowest BCUT2D eigenvalue weighted by atomic mass is 10.2. The molecule has 2 heterocycles. The van der Waals surface area contributed by atoms with Crippen LogP contribution in [0.1, 0.15) is 5.76 Å². The molecule has 1 aromatic heterocycles. The first-order valence-electron chi connectivity index (χ1n) is 5.83. The Labute approximate surface area is 134 Å². The predicted molar refractivity (Wildman–Crippen MR) is 83.3 cm³/mol. The molecule has 1 aromatic carbocycles. The van der Waals surface area contributed by atoms with E-state index in [2.05, 4.69) is 5.32 Å². The Kier molecular flexibility index (Phi) is 3.80. The van der Waals surface area contributed by atoms with E-state index in [-0.39, 0.29) is 4.91 Å². The number of hydrogen-bond acceptors (Lipinski definition) is 4. The SMILES string of the molecule is O=C1NC(=O)C(=Cc2ccc(-c3c(Cl)cccc3Cl)o2)S1. The lowest BCUT2D eigenvalue weighted by Crippen LogP contribution is -2.17. The van der Waals surface area contributed by atoms with Crippen LogP contribution < -0.4 is 5.32 Å². The Hall–Kier alpha value is -1.69. The summed E-state index contributed by atoms with van der Waals surface area (Å²) in [7, 11) is 0. The van der Waals surface area contributed by atoms with Crippen molar-refractivity contribution in [2.75, 3.05) is 0 Å². The topological polar surface area (TPSA) is 59.3 Å². The molecule has 0 aliphatic carbocycles. The first-order valence-corrected chi connectivity index (χ1v) is 7.41. The van der Waals surface area contributed by atoms with Crippen LogP contribution in [0.25, 0.3) is 17.4 Å². The number of thioether (sulfide) groups is 1. The number of imide groups is 1. The van der Waals surface area contributed by atoms with Gasteiger partial charge >= 0.3 is 0 Å². The van der Waals surface area contributed by atoms with Gasteiger partial charge in [-0.05, 0) is 36.0 Å². The number of carbonyl (C=O) groups excluding carboxylic acids is 2. The molecule has 0 unspecified atom stereocenters. The van der Waals surface area contributed by atoms with Gasteiger partial charge in [-0.1, -0.05) is 29.3 Å². The van der Waals surface area contributed by atoms with Crippen molar-refractivity contribution in [3.63, 3.8) is 0 Å². The van der Waals surface area contributed by atoms with Crippen molar-refractivity contribution in [3.8, 4) is 11.3 Å². The van der Waals surface area contributed by atoms with Crippen molar-refractivity contribution < 1.29 is 14.0 Å². The van der Waals surface area contributed by atoms with Crippen LogP contribution in [-0.2, 0) is 4.79 Å². The molecule has 1 N–H and O–H groups in total. The van der Waals surface area contributed by atoms with Gasteiger partial charge in [0.2, 0.25) is 0 Å². The maximum Gasteiger partial charge on any atom is 0.290 e. The van der Waals surface area contributed by atoms with Crippen molar-refractivity contribution in [2.45, 2.75) is 0 Å². The number of hydrogen-bond donors (Lipinski definition) is 1. The highest BCUT2D eigenvalue weighted by Crippen LogP contribution is 2.36. The molecule has 0 spiro atoms. The Morgan fingerprint density at radius 2 is 1.81 bits per heavy atom. The summed E-state index contributed by atoms with van der Waals surface area (Å²) in [4.78, 5) is 22.8. The fourth-order valence-electron chi connectivity index (χ4n) is 1.85. The maximum atomic E-state index is 11.5. The van der Waals surface area contributed by atoms with Crippen LogP contribution in [0.2, 0.25) is 10.0 Å². The van der Waals surface area contributed by atoms with Crippen LogP contribution >= 0.6 is 35.0 Å². The molecule has 106 valence electrons. The number of carbonyl (C=O) groups is 2. The van der Waals surface area contributed by atoms with Gasteiger partial charge in [-0.2, -0.15) is 0 Å². The normalized spacial score (nSPS) is 16.6. The molecule has 2 aromatic rings. The molecule has 0 radical (unpaired) electrons. The average molecular weight is 340 g/mol. The van der Waals surface area contributed by atoms with Gasteiger partial charge in [-0.3, -0.25) is 14.9 Å². The summed E-state index contributed by atoms with van der Waals surface area (Å²) in [6.07, 6.45) is 1.50. The fourth-order valence-corrected chi connectivity index (χ4v) is 3.09. The van der Waals surface area contributed by atoms with Gasteiger partial charge < -0.3 is 4.42 Å². The van der Waals surface area contributed by atoms with E-state index in [4.69, 9.17) is 27.6 Å². The molecule has 0 bridgehead atoms. The third kappa shape index (κ3) is 2.85. The Bertz CT molecular complexity index is 762. The molecule has 21 heavy (non-hydrogen) atoms. The molecule has 1 saturated heterocycles. The molecule has 7 heteroatoms. The Morgan fingerprint density at radius 3 is 2.43 bits per heavy atom. The monoisotopic (exact) mass is 339 g/mol. The number of benzene rings is 1. The molecule has 0 atom stereocenters. The van der Waals surface area contributed by atoms with Gasteiger partial charge in [0.1, 0.15) is 11.5 Å². The highest BCUT2D eigenvalue weighted by Gasteiger charge is 2.25. The molecule has 1 fully saturated rings. The lowest BCUT2D eigenvalue weighted by Gasteiger charge is -2.02. The van der Waals surface area contributed by atoms with Crippen molar-refractivity contribution >= 4 is 52.2 Å². The Balaban J connectivity index is 1.96. The summed E-state index contributed by atoms with van der Waals surface area (Å²) in [6, 6.07) is 8.55. The Morgan fingerprint density at radius 1 is 1.10 bits per heavy atom. The van der Waals surface area contributed by atoms with Gasteiger partial charge in [0.25, 0.3) is 11.1 Å². The third-order valence-corrected chi connectivity index (χ3v) is 4.19. The number of furan rings is 1. The van der Waals surface area contributed by atoms with E-state index in [0.29, 0.717) is 27.1 Å². The summed E-state index contributed by atoms with van der Waals surface area (Å²) in [5.41, 5.74) is 0.588. The standard InChI is InChI=1S/C14H7Cl2NO3S/c15-8-2-1-3-9(16)12(8)10-5-4-7(20-10)6-11-13(18)17-14(19)21-11/h1-6H,(H,17,18,19). The second-order valence-corrected chi connectivity index (χ2v) is 5.98. The van der Waals surface area contributed by atoms with Crippen molar-refractivity contribution in [1.82, 2.24) is 5.32 Å². The molecule has 2 amide bonds.